The number of benzene rings is 2. The molecule has 112 valence electrons. The van der Waals surface area contributed by atoms with Crippen LogP contribution >= 0.6 is 0 Å². The van der Waals surface area contributed by atoms with Crippen molar-refractivity contribution >= 4 is 16.9 Å². The molecule has 22 heavy (non-hydrogen) atoms. The van der Waals surface area contributed by atoms with Gasteiger partial charge in [0.15, 0.2) is 5.76 Å². The van der Waals surface area contributed by atoms with Crippen molar-refractivity contribution in [1.82, 2.24) is 5.32 Å². The van der Waals surface area contributed by atoms with Crippen LogP contribution in [-0.4, -0.2) is 19.1 Å². The van der Waals surface area contributed by atoms with E-state index in [0.29, 0.717) is 24.5 Å². The summed E-state index contributed by atoms with van der Waals surface area (Å²) in [5.74, 6) is 0.879. The SMILES string of the molecule is Cc1ccc(OCCNC(=O)c2cc3ccccc3o2)cc1. The second-order valence-electron chi connectivity index (χ2n) is 5.07. The molecule has 0 saturated heterocycles. The molecule has 0 atom stereocenters. The fraction of sp³-hybridized carbons (Fsp3) is 0.167. The van der Waals surface area contributed by atoms with E-state index in [0.717, 1.165) is 11.1 Å². The van der Waals surface area contributed by atoms with Gasteiger partial charge in [0.05, 0.1) is 6.54 Å². The summed E-state index contributed by atoms with van der Waals surface area (Å²) in [5.41, 5.74) is 1.90. The van der Waals surface area contributed by atoms with Crippen LogP contribution in [0.25, 0.3) is 11.0 Å². The number of hydrogen-bond donors (Lipinski definition) is 1. The largest absolute Gasteiger partial charge is 0.492 e. The Morgan fingerprint density at radius 1 is 1.14 bits per heavy atom. The quantitative estimate of drug-likeness (QED) is 0.732. The van der Waals surface area contributed by atoms with Crippen LogP contribution in [0.15, 0.2) is 59.0 Å². The molecule has 0 bridgehead atoms. The van der Waals surface area contributed by atoms with Crippen LogP contribution in [0.2, 0.25) is 0 Å². The summed E-state index contributed by atoms with van der Waals surface area (Å²) in [7, 11) is 0. The first-order valence-electron chi connectivity index (χ1n) is 7.18. The zero-order valence-corrected chi connectivity index (χ0v) is 12.3. The minimum absolute atomic E-state index is 0.233. The van der Waals surface area contributed by atoms with Crippen LogP contribution in [0.3, 0.4) is 0 Å². The van der Waals surface area contributed by atoms with E-state index in [-0.39, 0.29) is 5.91 Å². The summed E-state index contributed by atoms with van der Waals surface area (Å²) in [4.78, 5) is 12.0. The number of ether oxygens (including phenoxy) is 1. The molecule has 0 aliphatic rings. The number of carbonyl (C=O) groups is 1. The monoisotopic (exact) mass is 295 g/mol. The molecule has 1 heterocycles. The van der Waals surface area contributed by atoms with E-state index in [1.165, 1.54) is 5.56 Å². The van der Waals surface area contributed by atoms with Gasteiger partial charge in [0, 0.05) is 5.39 Å². The molecule has 4 heteroatoms. The average molecular weight is 295 g/mol. The fourth-order valence-corrected chi connectivity index (χ4v) is 2.15. The molecule has 1 N–H and O–H groups in total. The summed E-state index contributed by atoms with van der Waals surface area (Å²) in [6.45, 7) is 2.86. The topological polar surface area (TPSA) is 51.5 Å². The molecule has 1 amide bonds. The molecule has 0 saturated carbocycles. The van der Waals surface area contributed by atoms with E-state index in [1.54, 1.807) is 6.07 Å². The minimum atomic E-state index is -0.233. The summed E-state index contributed by atoms with van der Waals surface area (Å²) in [6, 6.07) is 17.1. The standard InChI is InChI=1S/C18H17NO3/c1-13-6-8-15(9-7-13)21-11-10-19-18(20)17-12-14-4-2-3-5-16(14)22-17/h2-9,12H,10-11H2,1H3,(H,19,20). The highest BCUT2D eigenvalue weighted by Gasteiger charge is 2.11. The van der Waals surface area contributed by atoms with Crippen LogP contribution in [0.5, 0.6) is 5.75 Å². The van der Waals surface area contributed by atoms with E-state index in [4.69, 9.17) is 9.15 Å². The van der Waals surface area contributed by atoms with Crippen LogP contribution in [0.4, 0.5) is 0 Å². The van der Waals surface area contributed by atoms with Crippen molar-refractivity contribution in [2.24, 2.45) is 0 Å². The second kappa shape index (κ2) is 6.35. The highest BCUT2D eigenvalue weighted by molar-refractivity contribution is 5.96. The van der Waals surface area contributed by atoms with Crippen molar-refractivity contribution in [3.63, 3.8) is 0 Å². The number of para-hydroxylation sites is 1. The lowest BCUT2D eigenvalue weighted by Gasteiger charge is -2.07. The first-order chi connectivity index (χ1) is 10.7. The number of hydrogen-bond acceptors (Lipinski definition) is 3. The molecule has 2 aromatic carbocycles. The zero-order valence-electron chi connectivity index (χ0n) is 12.3. The predicted molar refractivity (Wildman–Crippen MR) is 85.2 cm³/mol. The lowest BCUT2D eigenvalue weighted by atomic mass is 10.2. The number of carbonyl (C=O) groups excluding carboxylic acids is 1. The van der Waals surface area contributed by atoms with Gasteiger partial charge in [-0.25, -0.2) is 0 Å². The maximum absolute atomic E-state index is 12.0. The van der Waals surface area contributed by atoms with Gasteiger partial charge in [-0.1, -0.05) is 35.9 Å². The summed E-state index contributed by atoms with van der Waals surface area (Å²) in [5, 5.41) is 3.70. The molecule has 0 fully saturated rings. The Labute approximate surface area is 128 Å². The van der Waals surface area contributed by atoms with Gasteiger partial charge < -0.3 is 14.5 Å². The summed E-state index contributed by atoms with van der Waals surface area (Å²) in [6.07, 6.45) is 0. The van der Waals surface area contributed by atoms with Gasteiger partial charge in [-0.05, 0) is 31.2 Å². The number of amides is 1. The van der Waals surface area contributed by atoms with E-state index >= 15 is 0 Å². The molecule has 0 aliphatic heterocycles. The van der Waals surface area contributed by atoms with Gasteiger partial charge >= 0.3 is 0 Å². The molecule has 3 aromatic rings. The number of nitrogens with one attached hydrogen (secondary N) is 1. The Balaban J connectivity index is 1.50. The van der Waals surface area contributed by atoms with Gasteiger partial charge in [-0.15, -0.1) is 0 Å². The first-order valence-corrected chi connectivity index (χ1v) is 7.18. The molecular weight excluding hydrogens is 278 g/mol. The van der Waals surface area contributed by atoms with Gasteiger partial charge in [0.1, 0.15) is 17.9 Å². The van der Waals surface area contributed by atoms with Crippen molar-refractivity contribution in [3.05, 3.63) is 65.9 Å². The molecule has 0 aliphatic carbocycles. The number of rotatable bonds is 5. The third-order valence-corrected chi connectivity index (χ3v) is 3.33. The van der Waals surface area contributed by atoms with Crippen molar-refractivity contribution < 1.29 is 13.9 Å². The van der Waals surface area contributed by atoms with E-state index in [9.17, 15) is 4.79 Å². The Hall–Kier alpha value is -2.75. The van der Waals surface area contributed by atoms with Gasteiger partial charge in [-0.2, -0.15) is 0 Å². The molecule has 0 unspecified atom stereocenters. The Morgan fingerprint density at radius 2 is 1.91 bits per heavy atom. The van der Waals surface area contributed by atoms with Crippen LogP contribution in [-0.2, 0) is 0 Å². The van der Waals surface area contributed by atoms with Crippen molar-refractivity contribution in [2.75, 3.05) is 13.2 Å². The van der Waals surface area contributed by atoms with Crippen molar-refractivity contribution in [3.8, 4) is 5.75 Å². The lowest BCUT2D eigenvalue weighted by molar-refractivity contribution is 0.0921. The van der Waals surface area contributed by atoms with E-state index in [2.05, 4.69) is 5.32 Å². The normalized spacial score (nSPS) is 10.6. The smallest absolute Gasteiger partial charge is 0.287 e. The van der Waals surface area contributed by atoms with Gasteiger partial charge in [0.25, 0.3) is 5.91 Å². The Kier molecular flexibility index (Phi) is 4.10. The van der Waals surface area contributed by atoms with Gasteiger partial charge in [0.2, 0.25) is 0 Å². The molecule has 1 aromatic heterocycles. The van der Waals surface area contributed by atoms with E-state index in [1.807, 2.05) is 55.5 Å². The molecule has 0 spiro atoms. The molecule has 4 nitrogen and oxygen atoms in total. The molecular formula is C18H17NO3. The van der Waals surface area contributed by atoms with Crippen LogP contribution in [0.1, 0.15) is 16.1 Å². The maximum atomic E-state index is 12.0. The molecule has 3 rings (SSSR count). The Bertz CT molecular complexity index is 741. The molecule has 0 radical (unpaired) electrons. The number of fused-ring (bicyclic) bond motifs is 1. The predicted octanol–water partition coefficient (Wildman–Crippen LogP) is 3.55. The van der Waals surface area contributed by atoms with Crippen molar-refractivity contribution in [2.45, 2.75) is 6.92 Å². The summed E-state index contributed by atoms with van der Waals surface area (Å²) >= 11 is 0. The Morgan fingerprint density at radius 3 is 2.68 bits per heavy atom. The number of furan rings is 1. The van der Waals surface area contributed by atoms with Gasteiger partial charge in [-0.3, -0.25) is 4.79 Å². The highest BCUT2D eigenvalue weighted by atomic mass is 16.5. The third kappa shape index (κ3) is 3.28. The highest BCUT2D eigenvalue weighted by Crippen LogP contribution is 2.18. The third-order valence-electron chi connectivity index (χ3n) is 3.33. The summed E-state index contributed by atoms with van der Waals surface area (Å²) < 4.78 is 11.1. The maximum Gasteiger partial charge on any atom is 0.287 e. The van der Waals surface area contributed by atoms with Crippen molar-refractivity contribution in [1.29, 1.82) is 0 Å². The average Bonchev–Trinajstić information content (AvgIpc) is 2.97. The lowest BCUT2D eigenvalue weighted by Crippen LogP contribution is -2.27. The fourth-order valence-electron chi connectivity index (χ4n) is 2.15. The number of aryl methyl sites for hydroxylation is 1. The minimum Gasteiger partial charge on any atom is -0.492 e. The van der Waals surface area contributed by atoms with Crippen LogP contribution in [0, 0.1) is 6.92 Å². The van der Waals surface area contributed by atoms with E-state index < -0.39 is 0 Å². The second-order valence-corrected chi connectivity index (χ2v) is 5.07. The zero-order chi connectivity index (χ0) is 15.4. The van der Waals surface area contributed by atoms with Crippen LogP contribution < -0.4 is 10.1 Å². The first kappa shape index (κ1) is 14.2.